The topological polar surface area (TPSA) is 52.6 Å². The van der Waals surface area contributed by atoms with E-state index in [2.05, 4.69) is 44.3 Å². The number of hydrogen-bond donors (Lipinski definition) is 2. The summed E-state index contributed by atoms with van der Waals surface area (Å²) in [6.07, 6.45) is 3.17. The van der Waals surface area contributed by atoms with Crippen LogP contribution < -0.4 is 5.32 Å². The minimum atomic E-state index is -0.896. The molecule has 0 saturated heterocycles. The molecule has 2 aliphatic rings. The van der Waals surface area contributed by atoms with E-state index in [1.54, 1.807) is 0 Å². The first kappa shape index (κ1) is 13.9. The summed E-state index contributed by atoms with van der Waals surface area (Å²) < 4.78 is 1.15. The molecule has 1 aliphatic carbocycles. The van der Waals surface area contributed by atoms with Gasteiger partial charge in [-0.05, 0) is 48.9 Å². The lowest BCUT2D eigenvalue weighted by atomic mass is 9.90. The molecule has 108 valence electrons. The van der Waals surface area contributed by atoms with Crippen LogP contribution in [0.25, 0.3) is 0 Å². The van der Waals surface area contributed by atoms with Gasteiger partial charge in [0, 0.05) is 29.6 Å². The summed E-state index contributed by atoms with van der Waals surface area (Å²) in [4.78, 5) is 13.2. The molecule has 2 N–H and O–H groups in total. The molecular formula is C15H19BrN2O2. The number of halogens is 1. The third kappa shape index (κ3) is 2.99. The van der Waals surface area contributed by atoms with Crippen molar-refractivity contribution < 1.29 is 9.90 Å². The molecule has 0 bridgehead atoms. The largest absolute Gasteiger partial charge is 0.465 e. The molecule has 0 radical (unpaired) electrons. The third-order valence-corrected chi connectivity index (χ3v) is 4.95. The number of amides is 1. The van der Waals surface area contributed by atoms with Crippen molar-refractivity contribution in [3.8, 4) is 0 Å². The molecule has 3 rings (SSSR count). The van der Waals surface area contributed by atoms with Gasteiger partial charge in [-0.25, -0.2) is 4.79 Å². The average molecular weight is 339 g/mol. The molecule has 4 nitrogen and oxygen atoms in total. The molecule has 1 heterocycles. The smallest absolute Gasteiger partial charge is 0.404 e. The fourth-order valence-corrected chi connectivity index (χ4v) is 3.82. The predicted octanol–water partition coefficient (Wildman–Crippen LogP) is 3.34. The van der Waals surface area contributed by atoms with Crippen LogP contribution in [-0.2, 0) is 13.1 Å². The van der Waals surface area contributed by atoms with E-state index >= 15 is 0 Å². The second kappa shape index (κ2) is 5.74. The number of carboxylic acid groups (broad SMARTS) is 1. The molecule has 0 spiro atoms. The van der Waals surface area contributed by atoms with E-state index in [-0.39, 0.29) is 6.04 Å². The molecule has 1 aromatic rings. The van der Waals surface area contributed by atoms with E-state index in [0.717, 1.165) is 43.2 Å². The zero-order valence-electron chi connectivity index (χ0n) is 11.3. The summed E-state index contributed by atoms with van der Waals surface area (Å²) in [7, 11) is 0. The molecular weight excluding hydrogens is 320 g/mol. The SMILES string of the molecule is O=C(O)NC1CCC(N2Cc3ccc(Br)cc3C2)CC1. The molecule has 1 saturated carbocycles. The van der Waals surface area contributed by atoms with Crippen LogP contribution in [0.5, 0.6) is 0 Å². The van der Waals surface area contributed by atoms with Crippen molar-refractivity contribution in [2.24, 2.45) is 0 Å². The van der Waals surface area contributed by atoms with Crippen molar-refractivity contribution in [2.75, 3.05) is 0 Å². The van der Waals surface area contributed by atoms with E-state index in [4.69, 9.17) is 5.11 Å². The summed E-state index contributed by atoms with van der Waals surface area (Å²) in [5.41, 5.74) is 2.85. The van der Waals surface area contributed by atoms with Crippen molar-refractivity contribution in [2.45, 2.75) is 50.9 Å². The van der Waals surface area contributed by atoms with Crippen LogP contribution in [0.3, 0.4) is 0 Å². The zero-order valence-corrected chi connectivity index (χ0v) is 12.9. The number of benzene rings is 1. The zero-order chi connectivity index (χ0) is 14.1. The minimum absolute atomic E-state index is 0.142. The Kier molecular flexibility index (Phi) is 3.98. The van der Waals surface area contributed by atoms with Crippen LogP contribution >= 0.6 is 15.9 Å². The van der Waals surface area contributed by atoms with Crippen LogP contribution in [0.2, 0.25) is 0 Å². The van der Waals surface area contributed by atoms with Crippen molar-refractivity contribution >= 4 is 22.0 Å². The molecule has 20 heavy (non-hydrogen) atoms. The number of nitrogens with one attached hydrogen (secondary N) is 1. The summed E-state index contributed by atoms with van der Waals surface area (Å²) >= 11 is 3.53. The van der Waals surface area contributed by atoms with E-state index < -0.39 is 6.09 Å². The van der Waals surface area contributed by atoms with Crippen molar-refractivity contribution in [3.63, 3.8) is 0 Å². The Morgan fingerprint density at radius 2 is 1.90 bits per heavy atom. The Balaban J connectivity index is 1.57. The number of nitrogens with zero attached hydrogens (tertiary/aromatic N) is 1. The van der Waals surface area contributed by atoms with Gasteiger partial charge in [0.05, 0.1) is 0 Å². The maximum absolute atomic E-state index is 10.7. The van der Waals surface area contributed by atoms with E-state index in [1.165, 1.54) is 11.1 Å². The van der Waals surface area contributed by atoms with Crippen molar-refractivity contribution in [1.29, 1.82) is 0 Å². The normalized spacial score (nSPS) is 26.2. The fraction of sp³-hybridized carbons (Fsp3) is 0.533. The lowest BCUT2D eigenvalue weighted by Crippen LogP contribution is -2.42. The van der Waals surface area contributed by atoms with Gasteiger partial charge in [0.1, 0.15) is 0 Å². The number of rotatable bonds is 2. The van der Waals surface area contributed by atoms with Crippen LogP contribution in [0.1, 0.15) is 36.8 Å². The monoisotopic (exact) mass is 338 g/mol. The highest BCUT2D eigenvalue weighted by Gasteiger charge is 2.30. The summed E-state index contributed by atoms with van der Waals surface area (Å²) in [5.74, 6) is 0. The van der Waals surface area contributed by atoms with E-state index in [9.17, 15) is 4.79 Å². The highest BCUT2D eigenvalue weighted by atomic mass is 79.9. The van der Waals surface area contributed by atoms with Gasteiger partial charge in [-0.15, -0.1) is 0 Å². The third-order valence-electron chi connectivity index (χ3n) is 4.46. The van der Waals surface area contributed by atoms with Gasteiger partial charge in [0.2, 0.25) is 0 Å². The highest BCUT2D eigenvalue weighted by molar-refractivity contribution is 9.10. The summed E-state index contributed by atoms with van der Waals surface area (Å²) in [6.45, 7) is 2.06. The number of carbonyl (C=O) groups is 1. The Hall–Kier alpha value is -1.07. The van der Waals surface area contributed by atoms with Gasteiger partial charge in [-0.1, -0.05) is 22.0 Å². The van der Waals surface area contributed by atoms with Crippen molar-refractivity contribution in [1.82, 2.24) is 10.2 Å². The average Bonchev–Trinajstić information content (AvgIpc) is 2.81. The molecule has 0 aromatic heterocycles. The number of fused-ring (bicyclic) bond motifs is 1. The van der Waals surface area contributed by atoms with Gasteiger partial charge in [0.25, 0.3) is 0 Å². The lowest BCUT2D eigenvalue weighted by molar-refractivity contribution is 0.138. The lowest BCUT2D eigenvalue weighted by Gasteiger charge is -2.34. The Bertz CT molecular complexity index is 513. The molecule has 0 atom stereocenters. The second-order valence-corrected chi connectivity index (χ2v) is 6.69. The van der Waals surface area contributed by atoms with Gasteiger partial charge in [-0.3, -0.25) is 4.90 Å². The quantitative estimate of drug-likeness (QED) is 0.869. The standard InChI is InChI=1S/C15H19BrN2O2/c16-12-2-1-10-8-18(9-11(10)7-12)14-5-3-13(4-6-14)17-15(19)20/h1-2,7,13-14,17H,3-6,8-9H2,(H,19,20). The fourth-order valence-electron chi connectivity index (χ4n) is 3.41. The first-order valence-electron chi connectivity index (χ1n) is 7.12. The van der Waals surface area contributed by atoms with Crippen LogP contribution in [0, 0.1) is 0 Å². The minimum Gasteiger partial charge on any atom is -0.465 e. The molecule has 1 aromatic carbocycles. The Morgan fingerprint density at radius 1 is 1.20 bits per heavy atom. The highest BCUT2D eigenvalue weighted by Crippen LogP contribution is 2.32. The first-order chi connectivity index (χ1) is 9.61. The van der Waals surface area contributed by atoms with Crippen molar-refractivity contribution in [3.05, 3.63) is 33.8 Å². The van der Waals surface area contributed by atoms with E-state index in [0.29, 0.717) is 6.04 Å². The number of hydrogen-bond acceptors (Lipinski definition) is 2. The van der Waals surface area contributed by atoms with Gasteiger partial charge in [0.15, 0.2) is 0 Å². The first-order valence-corrected chi connectivity index (χ1v) is 7.92. The maximum atomic E-state index is 10.7. The van der Waals surface area contributed by atoms with Gasteiger partial charge in [-0.2, -0.15) is 0 Å². The summed E-state index contributed by atoms with van der Waals surface area (Å²) in [6, 6.07) is 7.26. The molecule has 1 aliphatic heterocycles. The van der Waals surface area contributed by atoms with Crippen LogP contribution in [0.4, 0.5) is 4.79 Å². The Labute approximate surface area is 127 Å². The van der Waals surface area contributed by atoms with Crippen LogP contribution in [0.15, 0.2) is 22.7 Å². The molecule has 0 unspecified atom stereocenters. The second-order valence-electron chi connectivity index (χ2n) is 5.77. The summed E-state index contributed by atoms with van der Waals surface area (Å²) in [5, 5.41) is 11.4. The van der Waals surface area contributed by atoms with Gasteiger partial charge < -0.3 is 10.4 Å². The van der Waals surface area contributed by atoms with Gasteiger partial charge >= 0.3 is 6.09 Å². The van der Waals surface area contributed by atoms with E-state index in [1.807, 2.05) is 0 Å². The van der Waals surface area contributed by atoms with Crippen LogP contribution in [-0.4, -0.2) is 28.2 Å². The predicted molar refractivity (Wildman–Crippen MR) is 80.6 cm³/mol. The maximum Gasteiger partial charge on any atom is 0.404 e. The Morgan fingerprint density at radius 3 is 2.60 bits per heavy atom. The molecule has 1 fully saturated rings. The molecule has 1 amide bonds. The molecule has 5 heteroatoms.